The molecule has 1 fully saturated rings. The Kier molecular flexibility index (Phi) is 3.71. The zero-order chi connectivity index (χ0) is 18.6. The average molecular weight is 390 g/mol. The van der Waals surface area contributed by atoms with Gasteiger partial charge in [0.15, 0.2) is 0 Å². The zero-order valence-corrected chi connectivity index (χ0v) is 15.1. The molecule has 4 rings (SSSR count). The second kappa shape index (κ2) is 5.72. The van der Waals surface area contributed by atoms with Gasteiger partial charge in [-0.15, -0.1) is 0 Å². The predicted octanol–water partition coefficient (Wildman–Crippen LogP) is 2.88. The van der Waals surface area contributed by atoms with Crippen LogP contribution >= 0.6 is 23.2 Å². The Morgan fingerprint density at radius 2 is 1.88 bits per heavy atom. The second-order valence-electron chi connectivity index (χ2n) is 6.28. The molecule has 2 N–H and O–H groups in total. The molecule has 0 bridgehead atoms. The molecule has 2 aromatic carbocycles. The average Bonchev–Trinajstić information content (AvgIpc) is 3.01. The van der Waals surface area contributed by atoms with E-state index in [1.54, 1.807) is 30.3 Å². The van der Waals surface area contributed by atoms with E-state index in [4.69, 9.17) is 23.2 Å². The minimum atomic E-state index is -1.75. The van der Waals surface area contributed by atoms with Crippen LogP contribution in [0, 0.1) is 6.92 Å². The molecule has 0 saturated carbocycles. The van der Waals surface area contributed by atoms with Gasteiger partial charge in [-0.25, -0.2) is 4.79 Å². The predicted molar refractivity (Wildman–Crippen MR) is 97.2 cm³/mol. The second-order valence-corrected chi connectivity index (χ2v) is 7.07. The van der Waals surface area contributed by atoms with Crippen LogP contribution < -0.4 is 15.5 Å². The van der Waals surface area contributed by atoms with Gasteiger partial charge in [-0.1, -0.05) is 53.0 Å². The molecule has 0 aromatic heterocycles. The lowest BCUT2D eigenvalue weighted by molar-refractivity contribution is -0.134. The maximum absolute atomic E-state index is 13.2. The molecule has 1 saturated heterocycles. The molecule has 0 aliphatic carbocycles. The third-order valence-corrected chi connectivity index (χ3v) is 5.50. The lowest BCUT2D eigenvalue weighted by atomic mass is 9.90. The van der Waals surface area contributed by atoms with Crippen LogP contribution in [0.1, 0.15) is 16.7 Å². The minimum absolute atomic E-state index is 0.124. The fourth-order valence-electron chi connectivity index (χ4n) is 3.41. The number of nitrogens with zero attached hydrogens (tertiary/aromatic N) is 1. The molecule has 1 unspecified atom stereocenters. The third kappa shape index (κ3) is 2.22. The number of amides is 4. The highest BCUT2D eigenvalue weighted by atomic mass is 35.5. The summed E-state index contributed by atoms with van der Waals surface area (Å²) in [6, 6.07) is 9.78. The van der Waals surface area contributed by atoms with Crippen LogP contribution in [0.5, 0.6) is 0 Å². The van der Waals surface area contributed by atoms with E-state index in [2.05, 4.69) is 10.6 Å². The lowest BCUT2D eigenvalue weighted by Gasteiger charge is -2.21. The van der Waals surface area contributed by atoms with Crippen molar-refractivity contribution in [2.45, 2.75) is 19.0 Å². The van der Waals surface area contributed by atoms with E-state index in [9.17, 15) is 14.4 Å². The number of carbonyl (C=O) groups excluding carboxylic acids is 3. The van der Waals surface area contributed by atoms with E-state index < -0.39 is 23.4 Å². The van der Waals surface area contributed by atoms with Crippen LogP contribution in [0.2, 0.25) is 10.0 Å². The highest BCUT2D eigenvalue weighted by Gasteiger charge is 2.61. The summed E-state index contributed by atoms with van der Waals surface area (Å²) in [5.41, 5.74) is 0.759. The summed E-state index contributed by atoms with van der Waals surface area (Å²) < 4.78 is 0. The van der Waals surface area contributed by atoms with Crippen molar-refractivity contribution in [2.75, 3.05) is 4.90 Å². The van der Waals surface area contributed by atoms with Crippen LogP contribution in [-0.4, -0.2) is 17.8 Å². The molecular weight excluding hydrogens is 377 g/mol. The first-order valence-corrected chi connectivity index (χ1v) is 8.60. The number of anilines is 1. The van der Waals surface area contributed by atoms with Crippen molar-refractivity contribution in [1.29, 1.82) is 0 Å². The van der Waals surface area contributed by atoms with Crippen molar-refractivity contribution in [1.82, 2.24) is 10.6 Å². The van der Waals surface area contributed by atoms with Crippen molar-refractivity contribution in [3.63, 3.8) is 0 Å². The van der Waals surface area contributed by atoms with E-state index in [0.717, 1.165) is 5.56 Å². The number of aryl methyl sites for hydroxylation is 1. The summed E-state index contributed by atoms with van der Waals surface area (Å²) in [7, 11) is 0. The number of urea groups is 1. The Hall–Kier alpha value is -2.57. The number of carbonyl (C=O) groups is 3. The monoisotopic (exact) mass is 389 g/mol. The highest BCUT2D eigenvalue weighted by Crippen LogP contribution is 2.43. The normalized spacial score (nSPS) is 21.2. The number of imide groups is 1. The van der Waals surface area contributed by atoms with Crippen LogP contribution in [0.3, 0.4) is 0 Å². The van der Waals surface area contributed by atoms with E-state index in [-0.39, 0.29) is 6.54 Å². The highest BCUT2D eigenvalue weighted by molar-refractivity contribution is 6.42. The lowest BCUT2D eigenvalue weighted by Crippen LogP contribution is -2.52. The maximum atomic E-state index is 13.2. The van der Waals surface area contributed by atoms with Gasteiger partial charge in [0.2, 0.25) is 5.54 Å². The van der Waals surface area contributed by atoms with Gasteiger partial charge >= 0.3 is 6.03 Å². The first-order chi connectivity index (χ1) is 12.3. The number of hydrogen-bond donors (Lipinski definition) is 2. The molecule has 2 aromatic rings. The third-order valence-electron chi connectivity index (χ3n) is 4.64. The van der Waals surface area contributed by atoms with Crippen LogP contribution in [0.25, 0.3) is 0 Å². The molecule has 132 valence electrons. The Bertz CT molecular complexity index is 992. The standard InChI is InChI=1S/C18H13Cl2N3O3/c1-9-5-6-13-11(7-9)18(15(24)21-17(26)22-18)16(25)23(13)8-10-3-2-4-12(19)14(10)20/h2-7H,8H2,1H3,(H2,21,22,24,26). The fraction of sp³-hybridized carbons (Fsp3) is 0.167. The van der Waals surface area contributed by atoms with Crippen LogP contribution in [0.4, 0.5) is 10.5 Å². The zero-order valence-electron chi connectivity index (χ0n) is 13.6. The molecular formula is C18H13Cl2N3O3. The van der Waals surface area contributed by atoms with Gasteiger partial charge in [-0.3, -0.25) is 14.9 Å². The summed E-state index contributed by atoms with van der Waals surface area (Å²) in [6.45, 7) is 1.98. The Labute approximate surface area is 159 Å². The fourth-order valence-corrected chi connectivity index (χ4v) is 3.79. The molecule has 4 amide bonds. The van der Waals surface area contributed by atoms with Gasteiger partial charge in [-0.2, -0.15) is 0 Å². The minimum Gasteiger partial charge on any atom is -0.312 e. The molecule has 26 heavy (non-hydrogen) atoms. The Balaban J connectivity index is 1.85. The Morgan fingerprint density at radius 3 is 2.58 bits per heavy atom. The van der Waals surface area contributed by atoms with Gasteiger partial charge in [-0.05, 0) is 24.6 Å². The van der Waals surface area contributed by atoms with Gasteiger partial charge in [0.05, 0.1) is 22.3 Å². The molecule has 0 radical (unpaired) electrons. The number of fused-ring (bicyclic) bond motifs is 2. The van der Waals surface area contributed by atoms with Crippen LogP contribution in [0.15, 0.2) is 36.4 Å². The van der Waals surface area contributed by atoms with Crippen molar-refractivity contribution in [2.24, 2.45) is 0 Å². The number of hydrogen-bond acceptors (Lipinski definition) is 3. The summed E-state index contributed by atoms with van der Waals surface area (Å²) >= 11 is 12.3. The topological polar surface area (TPSA) is 78.5 Å². The van der Waals surface area contributed by atoms with E-state index in [0.29, 0.717) is 26.9 Å². The van der Waals surface area contributed by atoms with Gasteiger partial charge in [0.1, 0.15) is 0 Å². The van der Waals surface area contributed by atoms with E-state index >= 15 is 0 Å². The summed E-state index contributed by atoms with van der Waals surface area (Å²) in [6.07, 6.45) is 0. The van der Waals surface area contributed by atoms with E-state index in [1.807, 2.05) is 13.0 Å². The molecule has 1 atom stereocenters. The number of halogens is 2. The van der Waals surface area contributed by atoms with Crippen molar-refractivity contribution < 1.29 is 14.4 Å². The SMILES string of the molecule is Cc1ccc2c(c1)C1(NC(=O)NC1=O)C(=O)N2Cc1cccc(Cl)c1Cl. The maximum Gasteiger partial charge on any atom is 0.323 e. The van der Waals surface area contributed by atoms with E-state index in [1.165, 1.54) is 4.90 Å². The van der Waals surface area contributed by atoms with Crippen molar-refractivity contribution in [3.05, 3.63) is 63.1 Å². The molecule has 1 spiro atoms. The quantitative estimate of drug-likeness (QED) is 0.612. The van der Waals surface area contributed by atoms with Gasteiger partial charge in [0, 0.05) is 5.56 Å². The van der Waals surface area contributed by atoms with Crippen molar-refractivity contribution in [3.8, 4) is 0 Å². The molecule has 2 heterocycles. The summed E-state index contributed by atoms with van der Waals surface area (Å²) in [5, 5.41) is 5.39. The molecule has 6 nitrogen and oxygen atoms in total. The number of rotatable bonds is 2. The molecule has 8 heteroatoms. The Morgan fingerprint density at radius 1 is 1.12 bits per heavy atom. The van der Waals surface area contributed by atoms with Gasteiger partial charge < -0.3 is 10.2 Å². The number of benzene rings is 2. The summed E-state index contributed by atoms with van der Waals surface area (Å²) in [4.78, 5) is 39.0. The first-order valence-electron chi connectivity index (χ1n) is 7.84. The smallest absolute Gasteiger partial charge is 0.312 e. The largest absolute Gasteiger partial charge is 0.323 e. The van der Waals surface area contributed by atoms with Gasteiger partial charge in [0.25, 0.3) is 11.8 Å². The molecule has 2 aliphatic heterocycles. The summed E-state index contributed by atoms with van der Waals surface area (Å²) in [5.74, 6) is -1.21. The number of nitrogens with one attached hydrogen (secondary N) is 2. The van der Waals surface area contributed by atoms with Crippen LogP contribution in [-0.2, 0) is 21.7 Å². The van der Waals surface area contributed by atoms with Crippen molar-refractivity contribution >= 4 is 46.7 Å². The molecule has 2 aliphatic rings. The first kappa shape index (κ1) is 16.9.